The van der Waals surface area contributed by atoms with Crippen LogP contribution in [0.5, 0.6) is 0 Å². The van der Waals surface area contributed by atoms with E-state index < -0.39 is 0 Å². The van der Waals surface area contributed by atoms with Gasteiger partial charge in [-0.2, -0.15) is 5.10 Å². The van der Waals surface area contributed by atoms with Crippen molar-refractivity contribution >= 4 is 5.69 Å². The van der Waals surface area contributed by atoms with Crippen LogP contribution >= 0.6 is 0 Å². The van der Waals surface area contributed by atoms with Gasteiger partial charge < -0.3 is 5.73 Å². The van der Waals surface area contributed by atoms with Crippen molar-refractivity contribution < 1.29 is 0 Å². The summed E-state index contributed by atoms with van der Waals surface area (Å²) in [5.41, 5.74) is 10.2. The van der Waals surface area contributed by atoms with Gasteiger partial charge in [-0.25, -0.2) is 0 Å². The topological polar surface area (TPSA) is 47.1 Å². The second-order valence-corrected chi connectivity index (χ2v) is 4.59. The average molecular weight is 228 g/mol. The van der Waals surface area contributed by atoms with Crippen molar-refractivity contribution in [1.29, 1.82) is 0 Å². The van der Waals surface area contributed by atoms with Crippen LogP contribution in [0.2, 0.25) is 0 Å². The van der Waals surface area contributed by atoms with Crippen molar-refractivity contribution in [3.05, 3.63) is 36.2 Å². The number of nitrogens with zero attached hydrogens (tertiary/aromatic N) is 3. The molecule has 4 heteroatoms. The molecule has 0 unspecified atom stereocenters. The minimum atomic E-state index is 0.798. The van der Waals surface area contributed by atoms with E-state index in [4.69, 9.17) is 5.73 Å². The molecule has 1 aliphatic rings. The minimum absolute atomic E-state index is 0.798. The summed E-state index contributed by atoms with van der Waals surface area (Å²) in [5.74, 6) is 0. The Morgan fingerprint density at radius 1 is 1.18 bits per heavy atom. The van der Waals surface area contributed by atoms with Crippen LogP contribution in [-0.4, -0.2) is 28.3 Å². The first-order valence-electron chi connectivity index (χ1n) is 5.83. The van der Waals surface area contributed by atoms with E-state index in [0.717, 1.165) is 25.3 Å². The van der Waals surface area contributed by atoms with Crippen LogP contribution in [0.1, 0.15) is 5.69 Å². The molecule has 1 aliphatic heterocycles. The predicted molar refractivity (Wildman–Crippen MR) is 68.4 cm³/mol. The van der Waals surface area contributed by atoms with E-state index in [9.17, 15) is 0 Å². The highest BCUT2D eigenvalue weighted by atomic mass is 15.3. The monoisotopic (exact) mass is 228 g/mol. The van der Waals surface area contributed by atoms with Gasteiger partial charge in [0, 0.05) is 24.3 Å². The summed E-state index contributed by atoms with van der Waals surface area (Å²) in [7, 11) is 2.14. The molecule has 0 spiro atoms. The lowest BCUT2D eigenvalue weighted by atomic mass is 10.1. The van der Waals surface area contributed by atoms with Crippen LogP contribution in [0, 0.1) is 0 Å². The van der Waals surface area contributed by atoms with Crippen LogP contribution in [0.4, 0.5) is 5.69 Å². The second-order valence-electron chi connectivity index (χ2n) is 4.59. The number of fused-ring (bicyclic) bond motifs is 1. The van der Waals surface area contributed by atoms with Gasteiger partial charge in [0.15, 0.2) is 0 Å². The number of nitrogen functional groups attached to an aromatic ring is 1. The Kier molecular flexibility index (Phi) is 2.37. The summed E-state index contributed by atoms with van der Waals surface area (Å²) in [6.07, 6.45) is 1.96. The normalized spacial score (nSPS) is 15.8. The lowest BCUT2D eigenvalue weighted by Gasteiger charge is -2.24. The zero-order chi connectivity index (χ0) is 11.8. The van der Waals surface area contributed by atoms with E-state index in [1.54, 1.807) is 0 Å². The molecule has 2 heterocycles. The Morgan fingerprint density at radius 3 is 2.71 bits per heavy atom. The van der Waals surface area contributed by atoms with Crippen molar-refractivity contribution in [1.82, 2.24) is 14.7 Å². The lowest BCUT2D eigenvalue weighted by molar-refractivity contribution is 0.259. The van der Waals surface area contributed by atoms with Crippen molar-refractivity contribution in [2.45, 2.75) is 13.1 Å². The Hall–Kier alpha value is -1.81. The third-order valence-electron chi connectivity index (χ3n) is 3.28. The van der Waals surface area contributed by atoms with Crippen molar-refractivity contribution in [3.63, 3.8) is 0 Å². The molecule has 88 valence electrons. The van der Waals surface area contributed by atoms with Gasteiger partial charge in [0.2, 0.25) is 0 Å². The Balaban J connectivity index is 2.04. The first-order chi connectivity index (χ1) is 8.24. The summed E-state index contributed by atoms with van der Waals surface area (Å²) in [4.78, 5) is 2.32. The molecule has 0 radical (unpaired) electrons. The third kappa shape index (κ3) is 1.80. The number of aromatic nitrogens is 2. The molecule has 0 fully saturated rings. The molecule has 0 aliphatic carbocycles. The largest absolute Gasteiger partial charge is 0.399 e. The molecule has 0 bridgehead atoms. The van der Waals surface area contributed by atoms with Crippen LogP contribution in [0.15, 0.2) is 30.5 Å². The number of rotatable bonds is 1. The summed E-state index contributed by atoms with van der Waals surface area (Å²) in [5, 5.41) is 4.45. The van der Waals surface area contributed by atoms with Crippen molar-refractivity contribution in [2.24, 2.45) is 0 Å². The van der Waals surface area contributed by atoms with E-state index in [-0.39, 0.29) is 0 Å². The molecule has 0 amide bonds. The molecule has 2 N–H and O–H groups in total. The first-order valence-corrected chi connectivity index (χ1v) is 5.83. The summed E-state index contributed by atoms with van der Waals surface area (Å²) >= 11 is 0. The maximum Gasteiger partial charge on any atom is 0.0603 e. The number of nitrogens with two attached hydrogens (primary N) is 1. The van der Waals surface area contributed by atoms with Crippen molar-refractivity contribution in [3.8, 4) is 11.1 Å². The average Bonchev–Trinajstić information content (AvgIpc) is 2.73. The van der Waals surface area contributed by atoms with E-state index in [1.807, 2.05) is 18.3 Å². The fraction of sp³-hybridized carbons (Fsp3) is 0.308. The third-order valence-corrected chi connectivity index (χ3v) is 3.28. The maximum atomic E-state index is 5.71. The highest BCUT2D eigenvalue weighted by molar-refractivity contribution is 5.67. The Bertz CT molecular complexity index is 527. The van der Waals surface area contributed by atoms with Crippen LogP contribution in [-0.2, 0) is 13.1 Å². The standard InChI is InChI=1S/C13H16N4/c1-16-6-7-17-13(9-16)12(8-15-17)10-2-4-11(14)5-3-10/h2-5,8H,6-7,9,14H2,1H3. The van der Waals surface area contributed by atoms with E-state index in [2.05, 4.69) is 33.9 Å². The zero-order valence-corrected chi connectivity index (χ0v) is 9.93. The first kappa shape index (κ1) is 10.4. The van der Waals surface area contributed by atoms with Gasteiger partial charge in [0.25, 0.3) is 0 Å². The molecule has 1 aromatic carbocycles. The van der Waals surface area contributed by atoms with E-state index in [1.165, 1.54) is 16.8 Å². The van der Waals surface area contributed by atoms with E-state index >= 15 is 0 Å². The fourth-order valence-electron chi connectivity index (χ4n) is 2.27. The van der Waals surface area contributed by atoms with Gasteiger partial charge in [-0.15, -0.1) is 0 Å². The molecule has 0 saturated carbocycles. The fourth-order valence-corrected chi connectivity index (χ4v) is 2.27. The highest BCUT2D eigenvalue weighted by Gasteiger charge is 2.18. The van der Waals surface area contributed by atoms with Gasteiger partial charge in [0.05, 0.1) is 18.4 Å². The molecular formula is C13H16N4. The van der Waals surface area contributed by atoms with Gasteiger partial charge in [-0.1, -0.05) is 12.1 Å². The van der Waals surface area contributed by atoms with Crippen molar-refractivity contribution in [2.75, 3.05) is 19.3 Å². The van der Waals surface area contributed by atoms with Gasteiger partial charge in [-0.05, 0) is 24.7 Å². The summed E-state index contributed by atoms with van der Waals surface area (Å²) < 4.78 is 2.10. The molecule has 17 heavy (non-hydrogen) atoms. The lowest BCUT2D eigenvalue weighted by Crippen LogP contribution is -2.30. The molecular weight excluding hydrogens is 212 g/mol. The number of benzene rings is 1. The molecule has 2 aromatic rings. The molecule has 3 rings (SSSR count). The van der Waals surface area contributed by atoms with Gasteiger partial charge >= 0.3 is 0 Å². The second kappa shape index (κ2) is 3.89. The molecule has 0 saturated heterocycles. The van der Waals surface area contributed by atoms with Gasteiger partial charge in [-0.3, -0.25) is 9.58 Å². The Labute approximate surface area is 101 Å². The van der Waals surface area contributed by atoms with Crippen LogP contribution < -0.4 is 5.73 Å². The SMILES string of the molecule is CN1CCn2ncc(-c3ccc(N)cc3)c2C1. The number of anilines is 1. The van der Waals surface area contributed by atoms with Gasteiger partial charge in [0.1, 0.15) is 0 Å². The predicted octanol–water partition coefficient (Wildman–Crippen LogP) is 1.58. The smallest absolute Gasteiger partial charge is 0.0603 e. The molecule has 4 nitrogen and oxygen atoms in total. The zero-order valence-electron chi connectivity index (χ0n) is 9.93. The molecule has 1 aromatic heterocycles. The van der Waals surface area contributed by atoms with Crippen LogP contribution in [0.25, 0.3) is 11.1 Å². The number of hydrogen-bond acceptors (Lipinski definition) is 3. The van der Waals surface area contributed by atoms with Crippen LogP contribution in [0.3, 0.4) is 0 Å². The highest BCUT2D eigenvalue weighted by Crippen LogP contribution is 2.26. The minimum Gasteiger partial charge on any atom is -0.399 e. The summed E-state index contributed by atoms with van der Waals surface area (Å²) in [6.45, 7) is 3.00. The summed E-state index contributed by atoms with van der Waals surface area (Å²) in [6, 6.07) is 7.99. The quantitative estimate of drug-likeness (QED) is 0.754. The number of hydrogen-bond donors (Lipinski definition) is 1. The van der Waals surface area contributed by atoms with E-state index in [0.29, 0.717) is 0 Å². The number of likely N-dealkylation sites (N-methyl/N-ethyl adjacent to an activating group) is 1. The maximum absolute atomic E-state index is 5.71. The molecule has 0 atom stereocenters. The Morgan fingerprint density at radius 2 is 1.94 bits per heavy atom.